The molecule has 2 aromatic rings. The standard InChI is InChI=1S/C13H11FN2O3/c1-19-12(17)7-16-13(18)9-4-8-5-10(14)2-3-11(8)15-6-9/h2-6H,7H2,1H3,(H,16,18). The number of hydrogen-bond donors (Lipinski definition) is 1. The second-order valence-corrected chi connectivity index (χ2v) is 3.82. The van der Waals surface area contributed by atoms with Gasteiger partial charge in [0.1, 0.15) is 12.4 Å². The topological polar surface area (TPSA) is 68.3 Å². The Hall–Kier alpha value is -2.50. The summed E-state index contributed by atoms with van der Waals surface area (Å²) in [6.07, 6.45) is 1.37. The highest BCUT2D eigenvalue weighted by Gasteiger charge is 2.09. The van der Waals surface area contributed by atoms with Gasteiger partial charge in [0.2, 0.25) is 0 Å². The van der Waals surface area contributed by atoms with Crippen LogP contribution in [-0.4, -0.2) is 30.5 Å². The molecule has 0 saturated heterocycles. The maximum Gasteiger partial charge on any atom is 0.325 e. The molecule has 6 heteroatoms. The average Bonchev–Trinajstić information content (AvgIpc) is 2.43. The molecule has 19 heavy (non-hydrogen) atoms. The number of carbonyl (C=O) groups is 2. The van der Waals surface area contributed by atoms with Crippen molar-refractivity contribution in [2.75, 3.05) is 13.7 Å². The van der Waals surface area contributed by atoms with Crippen LogP contribution in [0, 0.1) is 5.82 Å². The Morgan fingerprint density at radius 1 is 1.37 bits per heavy atom. The maximum atomic E-state index is 13.1. The van der Waals surface area contributed by atoms with E-state index in [0.717, 1.165) is 0 Å². The van der Waals surface area contributed by atoms with E-state index in [1.54, 1.807) is 0 Å². The van der Waals surface area contributed by atoms with Gasteiger partial charge in [-0.2, -0.15) is 0 Å². The first kappa shape index (κ1) is 12.9. The SMILES string of the molecule is COC(=O)CNC(=O)c1cnc2ccc(F)cc2c1. The molecule has 0 spiro atoms. The number of esters is 1. The number of amides is 1. The van der Waals surface area contributed by atoms with E-state index in [1.165, 1.54) is 37.6 Å². The van der Waals surface area contributed by atoms with Crippen molar-refractivity contribution in [3.63, 3.8) is 0 Å². The molecule has 0 saturated carbocycles. The smallest absolute Gasteiger partial charge is 0.325 e. The Bertz CT molecular complexity index is 643. The van der Waals surface area contributed by atoms with Crippen LogP contribution in [0.25, 0.3) is 10.9 Å². The van der Waals surface area contributed by atoms with Gasteiger partial charge in [0, 0.05) is 11.6 Å². The lowest BCUT2D eigenvalue weighted by molar-refractivity contribution is -0.139. The molecule has 0 radical (unpaired) electrons. The van der Waals surface area contributed by atoms with Crippen LogP contribution in [-0.2, 0) is 9.53 Å². The number of benzene rings is 1. The van der Waals surface area contributed by atoms with Gasteiger partial charge in [-0.25, -0.2) is 4.39 Å². The number of nitrogens with zero attached hydrogens (tertiary/aromatic N) is 1. The number of carbonyl (C=O) groups excluding carboxylic acids is 2. The summed E-state index contributed by atoms with van der Waals surface area (Å²) in [5.41, 5.74) is 0.841. The fraction of sp³-hybridized carbons (Fsp3) is 0.154. The fourth-order valence-electron chi connectivity index (χ4n) is 1.55. The Morgan fingerprint density at radius 3 is 2.89 bits per heavy atom. The van der Waals surface area contributed by atoms with Crippen molar-refractivity contribution in [3.05, 3.63) is 41.8 Å². The summed E-state index contributed by atoms with van der Waals surface area (Å²) in [6, 6.07) is 5.63. The average molecular weight is 262 g/mol. The van der Waals surface area contributed by atoms with E-state index in [2.05, 4.69) is 15.0 Å². The van der Waals surface area contributed by atoms with Gasteiger partial charge in [-0.1, -0.05) is 0 Å². The number of ether oxygens (including phenoxy) is 1. The van der Waals surface area contributed by atoms with Crippen LogP contribution in [0.1, 0.15) is 10.4 Å². The molecule has 2 rings (SSSR count). The highest BCUT2D eigenvalue weighted by atomic mass is 19.1. The molecule has 0 fully saturated rings. The Balaban J connectivity index is 2.20. The first-order valence-electron chi connectivity index (χ1n) is 5.50. The lowest BCUT2D eigenvalue weighted by atomic mass is 10.1. The zero-order chi connectivity index (χ0) is 13.8. The van der Waals surface area contributed by atoms with Crippen molar-refractivity contribution >= 4 is 22.8 Å². The minimum absolute atomic E-state index is 0.226. The lowest BCUT2D eigenvalue weighted by Gasteiger charge is -2.04. The van der Waals surface area contributed by atoms with Crippen LogP contribution < -0.4 is 5.32 Å². The summed E-state index contributed by atoms with van der Waals surface area (Å²) in [6.45, 7) is -0.226. The molecular weight excluding hydrogens is 251 g/mol. The first-order chi connectivity index (χ1) is 9.10. The predicted molar refractivity (Wildman–Crippen MR) is 66.1 cm³/mol. The van der Waals surface area contributed by atoms with E-state index in [4.69, 9.17) is 0 Å². The predicted octanol–water partition coefficient (Wildman–Crippen LogP) is 1.28. The molecule has 1 aromatic heterocycles. The largest absolute Gasteiger partial charge is 0.468 e. The highest BCUT2D eigenvalue weighted by Crippen LogP contribution is 2.14. The number of rotatable bonds is 3. The highest BCUT2D eigenvalue weighted by molar-refractivity contribution is 5.98. The van der Waals surface area contributed by atoms with Crippen LogP contribution in [0.4, 0.5) is 4.39 Å². The van der Waals surface area contributed by atoms with E-state index >= 15 is 0 Å². The molecule has 98 valence electrons. The quantitative estimate of drug-likeness (QED) is 0.846. The van der Waals surface area contributed by atoms with Crippen LogP contribution in [0.15, 0.2) is 30.5 Å². The van der Waals surface area contributed by atoms with Gasteiger partial charge in [-0.05, 0) is 24.3 Å². The molecule has 0 unspecified atom stereocenters. The molecule has 1 aromatic carbocycles. The van der Waals surface area contributed by atoms with Crippen LogP contribution >= 0.6 is 0 Å². The third-order valence-electron chi connectivity index (χ3n) is 2.53. The Kier molecular flexibility index (Phi) is 3.70. The number of aromatic nitrogens is 1. The molecule has 0 bridgehead atoms. The molecule has 0 aliphatic carbocycles. The number of methoxy groups -OCH3 is 1. The van der Waals surface area contributed by atoms with Crippen molar-refractivity contribution in [3.8, 4) is 0 Å². The normalized spacial score (nSPS) is 10.2. The van der Waals surface area contributed by atoms with Gasteiger partial charge >= 0.3 is 5.97 Å². The molecule has 0 atom stereocenters. The number of hydrogen-bond acceptors (Lipinski definition) is 4. The van der Waals surface area contributed by atoms with Gasteiger partial charge in [0.05, 0.1) is 18.2 Å². The Labute approximate surface area is 108 Å². The van der Waals surface area contributed by atoms with E-state index in [1.807, 2.05) is 0 Å². The maximum absolute atomic E-state index is 13.1. The van der Waals surface area contributed by atoms with Gasteiger partial charge in [-0.3, -0.25) is 14.6 Å². The van der Waals surface area contributed by atoms with Gasteiger partial charge in [0.25, 0.3) is 5.91 Å². The summed E-state index contributed by atoms with van der Waals surface area (Å²) in [7, 11) is 1.23. The summed E-state index contributed by atoms with van der Waals surface area (Å²) >= 11 is 0. The van der Waals surface area contributed by atoms with Crippen LogP contribution in [0.5, 0.6) is 0 Å². The van der Waals surface area contributed by atoms with E-state index in [0.29, 0.717) is 10.9 Å². The Morgan fingerprint density at radius 2 is 2.16 bits per heavy atom. The zero-order valence-corrected chi connectivity index (χ0v) is 10.1. The van der Waals surface area contributed by atoms with Crippen molar-refractivity contribution in [1.29, 1.82) is 0 Å². The fourth-order valence-corrected chi connectivity index (χ4v) is 1.55. The third-order valence-corrected chi connectivity index (χ3v) is 2.53. The summed E-state index contributed by atoms with van der Waals surface area (Å²) in [5.74, 6) is -1.42. The third kappa shape index (κ3) is 3.04. The van der Waals surface area contributed by atoms with Crippen molar-refractivity contribution in [2.24, 2.45) is 0 Å². The second-order valence-electron chi connectivity index (χ2n) is 3.82. The molecule has 1 amide bonds. The van der Waals surface area contributed by atoms with Gasteiger partial charge in [0.15, 0.2) is 0 Å². The molecule has 5 nitrogen and oxygen atoms in total. The van der Waals surface area contributed by atoms with Crippen molar-refractivity contribution < 1.29 is 18.7 Å². The van der Waals surface area contributed by atoms with Crippen LogP contribution in [0.3, 0.4) is 0 Å². The van der Waals surface area contributed by atoms with Crippen LogP contribution in [0.2, 0.25) is 0 Å². The number of halogens is 1. The number of nitrogens with one attached hydrogen (secondary N) is 1. The van der Waals surface area contributed by atoms with Gasteiger partial charge in [-0.15, -0.1) is 0 Å². The minimum Gasteiger partial charge on any atom is -0.468 e. The van der Waals surface area contributed by atoms with E-state index in [-0.39, 0.29) is 12.1 Å². The number of fused-ring (bicyclic) bond motifs is 1. The molecular formula is C13H11FN2O3. The monoisotopic (exact) mass is 262 g/mol. The second kappa shape index (κ2) is 5.43. The lowest BCUT2D eigenvalue weighted by Crippen LogP contribution is -2.30. The summed E-state index contributed by atoms with van der Waals surface area (Å²) < 4.78 is 17.5. The number of pyridine rings is 1. The summed E-state index contributed by atoms with van der Waals surface area (Å²) in [5, 5.41) is 2.90. The minimum atomic E-state index is -0.548. The van der Waals surface area contributed by atoms with Crippen molar-refractivity contribution in [1.82, 2.24) is 10.3 Å². The molecule has 1 heterocycles. The molecule has 1 N–H and O–H groups in total. The van der Waals surface area contributed by atoms with E-state index in [9.17, 15) is 14.0 Å². The summed E-state index contributed by atoms with van der Waals surface area (Å²) in [4.78, 5) is 26.7. The first-order valence-corrected chi connectivity index (χ1v) is 5.50. The van der Waals surface area contributed by atoms with Gasteiger partial charge < -0.3 is 10.1 Å². The molecule has 0 aliphatic rings. The van der Waals surface area contributed by atoms with E-state index < -0.39 is 17.7 Å². The molecule has 0 aliphatic heterocycles. The zero-order valence-electron chi connectivity index (χ0n) is 10.1. The van der Waals surface area contributed by atoms with Crippen molar-refractivity contribution in [2.45, 2.75) is 0 Å².